The van der Waals surface area contributed by atoms with Crippen LogP contribution < -0.4 is 11.5 Å². The van der Waals surface area contributed by atoms with E-state index in [0.29, 0.717) is 30.4 Å². The maximum absolute atomic E-state index is 5.96. The Balaban J connectivity index is 2.04. The van der Waals surface area contributed by atoms with Crippen LogP contribution in [-0.2, 0) is 11.3 Å². The van der Waals surface area contributed by atoms with Crippen molar-refractivity contribution in [2.45, 2.75) is 26.3 Å². The Morgan fingerprint density at radius 1 is 1.25 bits per heavy atom. The second kappa shape index (κ2) is 6.85. The van der Waals surface area contributed by atoms with Gasteiger partial charge in [0, 0.05) is 23.5 Å². The van der Waals surface area contributed by atoms with E-state index in [4.69, 9.17) is 16.2 Å². The van der Waals surface area contributed by atoms with Crippen molar-refractivity contribution in [3.05, 3.63) is 18.2 Å². The number of ether oxygens (including phenoxy) is 1. The van der Waals surface area contributed by atoms with Gasteiger partial charge in [-0.25, -0.2) is 4.68 Å². The minimum absolute atomic E-state index is 0.563. The molecule has 108 valence electrons. The van der Waals surface area contributed by atoms with E-state index in [9.17, 15) is 0 Å². The van der Waals surface area contributed by atoms with Crippen LogP contribution in [0.3, 0.4) is 0 Å². The van der Waals surface area contributed by atoms with Crippen molar-refractivity contribution < 1.29 is 4.74 Å². The number of nitrogens with zero attached hydrogens (tertiary/aromatic N) is 4. The smallest absolute Gasteiger partial charge is 0.184 e. The Labute approximate surface area is 117 Å². The second-order valence-corrected chi connectivity index (χ2v) is 4.54. The molecule has 0 saturated carbocycles. The summed E-state index contributed by atoms with van der Waals surface area (Å²) in [5.74, 6) is 0.626. The zero-order valence-corrected chi connectivity index (χ0v) is 11.6. The number of hydrogen-bond acceptors (Lipinski definition) is 6. The summed E-state index contributed by atoms with van der Waals surface area (Å²) in [5, 5.41) is 11.7. The van der Waals surface area contributed by atoms with Gasteiger partial charge in [-0.15, -0.1) is 5.10 Å². The van der Waals surface area contributed by atoms with Gasteiger partial charge in [0.2, 0.25) is 0 Å². The molecule has 0 saturated heterocycles. The van der Waals surface area contributed by atoms with E-state index in [1.165, 1.54) is 0 Å². The summed E-state index contributed by atoms with van der Waals surface area (Å²) in [6, 6.07) is 5.30. The third-order valence-electron chi connectivity index (χ3n) is 2.94. The highest BCUT2D eigenvalue weighted by molar-refractivity contribution is 5.74. The van der Waals surface area contributed by atoms with E-state index in [-0.39, 0.29) is 0 Å². The van der Waals surface area contributed by atoms with E-state index in [1.807, 2.05) is 6.07 Å². The molecule has 1 aromatic heterocycles. The van der Waals surface area contributed by atoms with E-state index in [2.05, 4.69) is 22.4 Å². The monoisotopic (exact) mass is 276 g/mol. The third kappa shape index (κ3) is 3.45. The Bertz CT molecular complexity index is 554. The molecule has 0 atom stereocenters. The standard InChI is InChI=1S/C13H20N6O/c1-2-3-7-20-8-6-19-13(16-17-18-19)11-5-4-10(14)9-12(11)15/h4-5,9H,2-3,6-8,14-15H2,1H3. The average molecular weight is 276 g/mol. The first-order valence-electron chi connectivity index (χ1n) is 6.71. The highest BCUT2D eigenvalue weighted by atomic mass is 16.5. The maximum Gasteiger partial charge on any atom is 0.184 e. The highest BCUT2D eigenvalue weighted by Crippen LogP contribution is 2.25. The van der Waals surface area contributed by atoms with Crippen LogP contribution >= 0.6 is 0 Å². The van der Waals surface area contributed by atoms with Crippen LogP contribution in [0.15, 0.2) is 18.2 Å². The number of nitrogens with two attached hydrogens (primary N) is 2. The van der Waals surface area contributed by atoms with Gasteiger partial charge in [-0.2, -0.15) is 0 Å². The predicted molar refractivity (Wildman–Crippen MR) is 77.8 cm³/mol. The van der Waals surface area contributed by atoms with Crippen LogP contribution in [0.25, 0.3) is 11.4 Å². The summed E-state index contributed by atoms with van der Waals surface area (Å²) in [6.07, 6.45) is 2.19. The molecule has 0 fully saturated rings. The molecule has 0 amide bonds. The minimum atomic E-state index is 0.563. The average Bonchev–Trinajstić information content (AvgIpc) is 2.87. The zero-order valence-electron chi connectivity index (χ0n) is 11.6. The van der Waals surface area contributed by atoms with Crippen LogP contribution in [0.1, 0.15) is 19.8 Å². The number of anilines is 2. The quantitative estimate of drug-likeness (QED) is 0.583. The minimum Gasteiger partial charge on any atom is -0.399 e. The Kier molecular flexibility index (Phi) is 4.89. The lowest BCUT2D eigenvalue weighted by molar-refractivity contribution is 0.121. The molecule has 1 heterocycles. The summed E-state index contributed by atoms with van der Waals surface area (Å²) in [6.45, 7) is 4.06. The fourth-order valence-corrected chi connectivity index (χ4v) is 1.83. The van der Waals surface area contributed by atoms with Gasteiger partial charge in [-0.3, -0.25) is 0 Å². The molecule has 0 aliphatic heterocycles. The Hall–Kier alpha value is -2.15. The first-order valence-corrected chi connectivity index (χ1v) is 6.71. The number of rotatable bonds is 7. The van der Waals surface area contributed by atoms with Gasteiger partial charge in [-0.05, 0) is 35.0 Å². The molecular weight excluding hydrogens is 256 g/mol. The summed E-state index contributed by atoms with van der Waals surface area (Å²) >= 11 is 0. The molecule has 0 spiro atoms. The van der Waals surface area contributed by atoms with Gasteiger partial charge in [0.15, 0.2) is 5.82 Å². The van der Waals surface area contributed by atoms with Crippen LogP contribution in [0.4, 0.5) is 11.4 Å². The molecule has 2 rings (SSSR count). The SMILES string of the molecule is CCCCOCCn1nnnc1-c1ccc(N)cc1N. The number of benzene rings is 1. The van der Waals surface area contributed by atoms with Crippen molar-refractivity contribution in [3.8, 4) is 11.4 Å². The van der Waals surface area contributed by atoms with Crippen molar-refractivity contribution in [2.24, 2.45) is 0 Å². The van der Waals surface area contributed by atoms with Crippen molar-refractivity contribution in [2.75, 3.05) is 24.7 Å². The van der Waals surface area contributed by atoms with Gasteiger partial charge >= 0.3 is 0 Å². The van der Waals surface area contributed by atoms with Gasteiger partial charge in [0.05, 0.1) is 13.2 Å². The number of hydrogen-bond donors (Lipinski definition) is 2. The number of nitrogen functional groups attached to an aromatic ring is 2. The molecule has 7 heteroatoms. The van der Waals surface area contributed by atoms with Crippen LogP contribution in [-0.4, -0.2) is 33.4 Å². The molecule has 4 N–H and O–H groups in total. The molecule has 0 unspecified atom stereocenters. The topological polar surface area (TPSA) is 105 Å². The first kappa shape index (κ1) is 14.3. The largest absolute Gasteiger partial charge is 0.399 e. The molecular formula is C13H20N6O. The number of aromatic nitrogens is 4. The molecule has 7 nitrogen and oxygen atoms in total. The normalized spacial score (nSPS) is 10.8. The van der Waals surface area contributed by atoms with E-state index < -0.39 is 0 Å². The van der Waals surface area contributed by atoms with Crippen LogP contribution in [0, 0.1) is 0 Å². The molecule has 20 heavy (non-hydrogen) atoms. The van der Waals surface area contributed by atoms with Gasteiger partial charge in [-0.1, -0.05) is 13.3 Å². The number of tetrazole rings is 1. The summed E-state index contributed by atoms with van der Waals surface area (Å²) in [7, 11) is 0. The van der Waals surface area contributed by atoms with E-state index in [1.54, 1.807) is 16.8 Å². The van der Waals surface area contributed by atoms with Gasteiger partial charge < -0.3 is 16.2 Å². The first-order chi connectivity index (χ1) is 9.72. The van der Waals surface area contributed by atoms with Crippen molar-refractivity contribution in [1.82, 2.24) is 20.2 Å². The van der Waals surface area contributed by atoms with Crippen LogP contribution in [0.2, 0.25) is 0 Å². The zero-order chi connectivity index (χ0) is 14.4. The maximum atomic E-state index is 5.96. The molecule has 1 aromatic carbocycles. The molecule has 0 aliphatic carbocycles. The third-order valence-corrected chi connectivity index (χ3v) is 2.94. The number of unbranched alkanes of at least 4 members (excludes halogenated alkanes) is 1. The molecule has 2 aromatic rings. The van der Waals surface area contributed by atoms with Gasteiger partial charge in [0.1, 0.15) is 0 Å². The summed E-state index contributed by atoms with van der Waals surface area (Å²) in [4.78, 5) is 0. The van der Waals surface area contributed by atoms with E-state index in [0.717, 1.165) is 25.0 Å². The van der Waals surface area contributed by atoms with Crippen molar-refractivity contribution in [1.29, 1.82) is 0 Å². The fourth-order valence-electron chi connectivity index (χ4n) is 1.83. The lowest BCUT2D eigenvalue weighted by Gasteiger charge is -2.08. The van der Waals surface area contributed by atoms with Crippen LogP contribution in [0.5, 0.6) is 0 Å². The summed E-state index contributed by atoms with van der Waals surface area (Å²) in [5.41, 5.74) is 13.6. The summed E-state index contributed by atoms with van der Waals surface area (Å²) < 4.78 is 7.21. The van der Waals surface area contributed by atoms with Crippen molar-refractivity contribution >= 4 is 11.4 Å². The highest BCUT2D eigenvalue weighted by Gasteiger charge is 2.11. The second-order valence-electron chi connectivity index (χ2n) is 4.54. The lowest BCUT2D eigenvalue weighted by Crippen LogP contribution is -2.10. The molecule has 0 bridgehead atoms. The Morgan fingerprint density at radius 3 is 2.85 bits per heavy atom. The van der Waals surface area contributed by atoms with Crippen molar-refractivity contribution in [3.63, 3.8) is 0 Å². The molecule has 0 radical (unpaired) electrons. The predicted octanol–water partition coefficient (Wildman–Crippen LogP) is 1.32. The Morgan fingerprint density at radius 2 is 2.10 bits per heavy atom. The van der Waals surface area contributed by atoms with E-state index >= 15 is 0 Å². The lowest BCUT2D eigenvalue weighted by atomic mass is 10.1. The fraction of sp³-hybridized carbons (Fsp3) is 0.462. The van der Waals surface area contributed by atoms with Gasteiger partial charge in [0.25, 0.3) is 0 Å². The molecule has 0 aliphatic rings.